The lowest BCUT2D eigenvalue weighted by molar-refractivity contribution is -0.137. The van der Waals surface area contributed by atoms with E-state index in [-0.39, 0.29) is 11.9 Å². The van der Waals surface area contributed by atoms with Crippen LogP contribution in [0.4, 0.5) is 19.0 Å². The van der Waals surface area contributed by atoms with Gasteiger partial charge >= 0.3 is 6.18 Å². The summed E-state index contributed by atoms with van der Waals surface area (Å²) in [4.78, 5) is 18.1. The van der Waals surface area contributed by atoms with Gasteiger partial charge in [-0.25, -0.2) is 4.98 Å². The number of aromatic amines is 1. The molecule has 1 aliphatic rings. The fraction of sp³-hybridized carbons (Fsp3) is 0.471. The molecule has 0 spiro atoms. The Bertz CT molecular complexity index is 777. The van der Waals surface area contributed by atoms with Crippen molar-refractivity contribution in [2.45, 2.75) is 38.9 Å². The number of carbonyl (C=O) groups is 1. The number of aryl methyl sites for hydroxylation is 1. The zero-order valence-electron chi connectivity index (χ0n) is 14.5. The molecule has 0 saturated carbocycles. The monoisotopic (exact) mass is 367 g/mol. The molecule has 1 saturated heterocycles. The van der Waals surface area contributed by atoms with Gasteiger partial charge in [0.05, 0.1) is 5.56 Å². The van der Waals surface area contributed by atoms with Crippen LogP contribution in [0.15, 0.2) is 18.3 Å². The number of amides is 1. The SMILES string of the molecule is Cc1[nH]nc(C(=O)NC2CCN(c3ccc(C(F)(F)F)cn3)CC2)c1C. The van der Waals surface area contributed by atoms with Gasteiger partial charge in [-0.3, -0.25) is 9.89 Å². The molecule has 0 unspecified atom stereocenters. The number of hydrogen-bond donors (Lipinski definition) is 2. The van der Waals surface area contributed by atoms with Crippen LogP contribution < -0.4 is 10.2 Å². The van der Waals surface area contributed by atoms with Crippen LogP contribution in [0.3, 0.4) is 0 Å². The van der Waals surface area contributed by atoms with Crippen molar-refractivity contribution in [3.8, 4) is 0 Å². The number of H-pyrrole nitrogens is 1. The third kappa shape index (κ3) is 3.81. The fourth-order valence-corrected chi connectivity index (χ4v) is 2.95. The maximum atomic E-state index is 12.6. The molecule has 0 radical (unpaired) electrons. The maximum absolute atomic E-state index is 12.6. The molecule has 2 aromatic rings. The van der Waals surface area contributed by atoms with Gasteiger partial charge in [0.15, 0.2) is 5.69 Å². The highest BCUT2D eigenvalue weighted by Crippen LogP contribution is 2.29. The Morgan fingerprint density at radius 1 is 1.27 bits per heavy atom. The van der Waals surface area contributed by atoms with Gasteiger partial charge in [-0.15, -0.1) is 0 Å². The van der Waals surface area contributed by atoms with E-state index < -0.39 is 11.7 Å². The minimum absolute atomic E-state index is 0.00426. The Labute approximate surface area is 148 Å². The molecule has 9 heteroatoms. The second-order valence-corrected chi connectivity index (χ2v) is 6.46. The van der Waals surface area contributed by atoms with Crippen molar-refractivity contribution >= 4 is 11.7 Å². The van der Waals surface area contributed by atoms with Crippen LogP contribution in [0.1, 0.15) is 40.2 Å². The molecular weight excluding hydrogens is 347 g/mol. The van der Waals surface area contributed by atoms with Crippen molar-refractivity contribution in [1.29, 1.82) is 0 Å². The zero-order valence-corrected chi connectivity index (χ0v) is 14.5. The minimum atomic E-state index is -4.38. The average Bonchev–Trinajstić information content (AvgIpc) is 2.94. The van der Waals surface area contributed by atoms with Crippen LogP contribution >= 0.6 is 0 Å². The van der Waals surface area contributed by atoms with E-state index in [9.17, 15) is 18.0 Å². The van der Waals surface area contributed by atoms with Crippen molar-refractivity contribution in [2.24, 2.45) is 0 Å². The van der Waals surface area contributed by atoms with E-state index in [0.29, 0.717) is 37.4 Å². The summed E-state index contributed by atoms with van der Waals surface area (Å²) >= 11 is 0. The quantitative estimate of drug-likeness (QED) is 0.875. The molecule has 3 rings (SSSR count). The predicted molar refractivity (Wildman–Crippen MR) is 90.0 cm³/mol. The molecule has 0 bridgehead atoms. The van der Waals surface area contributed by atoms with Gasteiger partial charge in [0.2, 0.25) is 0 Å². The maximum Gasteiger partial charge on any atom is 0.417 e. The second-order valence-electron chi connectivity index (χ2n) is 6.46. The van der Waals surface area contributed by atoms with E-state index in [1.807, 2.05) is 18.7 Å². The van der Waals surface area contributed by atoms with Crippen LogP contribution in [0.2, 0.25) is 0 Å². The molecule has 1 aliphatic heterocycles. The van der Waals surface area contributed by atoms with E-state index in [4.69, 9.17) is 0 Å². The molecule has 3 heterocycles. The number of hydrogen-bond acceptors (Lipinski definition) is 4. The average molecular weight is 367 g/mol. The Morgan fingerprint density at radius 2 is 1.96 bits per heavy atom. The van der Waals surface area contributed by atoms with E-state index in [2.05, 4.69) is 20.5 Å². The van der Waals surface area contributed by atoms with Gasteiger partial charge in [0.25, 0.3) is 5.91 Å². The number of anilines is 1. The van der Waals surface area contributed by atoms with E-state index in [1.165, 1.54) is 6.07 Å². The Hall–Kier alpha value is -2.58. The fourth-order valence-electron chi connectivity index (χ4n) is 2.95. The van der Waals surface area contributed by atoms with Crippen molar-refractivity contribution < 1.29 is 18.0 Å². The van der Waals surface area contributed by atoms with Crippen LogP contribution in [0.5, 0.6) is 0 Å². The standard InChI is InChI=1S/C17H20F3N5O/c1-10-11(2)23-24-15(10)16(26)22-13-5-7-25(8-6-13)14-4-3-12(9-21-14)17(18,19)20/h3-4,9,13H,5-8H2,1-2H3,(H,22,26)(H,23,24). The number of alkyl halides is 3. The highest BCUT2D eigenvalue weighted by atomic mass is 19.4. The van der Waals surface area contributed by atoms with Gasteiger partial charge < -0.3 is 10.2 Å². The van der Waals surface area contributed by atoms with Gasteiger partial charge in [0.1, 0.15) is 5.82 Å². The molecule has 0 aromatic carbocycles. The van der Waals surface area contributed by atoms with Crippen molar-refractivity contribution in [1.82, 2.24) is 20.5 Å². The van der Waals surface area contributed by atoms with E-state index >= 15 is 0 Å². The number of nitrogens with one attached hydrogen (secondary N) is 2. The number of rotatable bonds is 3. The molecule has 26 heavy (non-hydrogen) atoms. The van der Waals surface area contributed by atoms with Crippen molar-refractivity contribution in [3.05, 3.63) is 40.8 Å². The van der Waals surface area contributed by atoms with Crippen LogP contribution in [-0.4, -0.2) is 40.2 Å². The second kappa shape index (κ2) is 6.97. The van der Waals surface area contributed by atoms with E-state index in [0.717, 1.165) is 23.5 Å². The molecular formula is C17H20F3N5O. The first-order valence-electron chi connectivity index (χ1n) is 8.36. The number of aromatic nitrogens is 3. The topological polar surface area (TPSA) is 73.9 Å². The Kier molecular flexibility index (Phi) is 4.88. The van der Waals surface area contributed by atoms with Gasteiger partial charge in [0, 0.05) is 36.6 Å². The van der Waals surface area contributed by atoms with Gasteiger partial charge in [-0.2, -0.15) is 18.3 Å². The van der Waals surface area contributed by atoms with Crippen molar-refractivity contribution in [2.75, 3.05) is 18.0 Å². The number of pyridine rings is 1. The predicted octanol–water partition coefficient (Wildman–Crippen LogP) is 2.84. The first kappa shape index (κ1) is 18.2. The molecule has 1 fully saturated rings. The first-order valence-corrected chi connectivity index (χ1v) is 8.36. The lowest BCUT2D eigenvalue weighted by Gasteiger charge is -2.33. The highest BCUT2D eigenvalue weighted by molar-refractivity contribution is 5.94. The largest absolute Gasteiger partial charge is 0.417 e. The lowest BCUT2D eigenvalue weighted by Crippen LogP contribution is -2.45. The molecule has 6 nitrogen and oxygen atoms in total. The number of carbonyl (C=O) groups excluding carboxylic acids is 1. The smallest absolute Gasteiger partial charge is 0.356 e. The van der Waals surface area contributed by atoms with Gasteiger partial charge in [-0.05, 0) is 38.8 Å². The zero-order chi connectivity index (χ0) is 18.9. The number of piperidine rings is 1. The summed E-state index contributed by atoms with van der Waals surface area (Å²) in [6, 6.07) is 2.43. The van der Waals surface area contributed by atoms with Crippen LogP contribution in [-0.2, 0) is 6.18 Å². The van der Waals surface area contributed by atoms with Crippen LogP contribution in [0, 0.1) is 13.8 Å². The normalized spacial score (nSPS) is 16.0. The highest BCUT2D eigenvalue weighted by Gasteiger charge is 2.31. The lowest BCUT2D eigenvalue weighted by atomic mass is 10.0. The van der Waals surface area contributed by atoms with Crippen molar-refractivity contribution in [3.63, 3.8) is 0 Å². The van der Waals surface area contributed by atoms with Gasteiger partial charge in [-0.1, -0.05) is 0 Å². The molecule has 0 atom stereocenters. The number of halogens is 3. The first-order chi connectivity index (χ1) is 12.3. The molecule has 140 valence electrons. The Balaban J connectivity index is 1.56. The summed E-state index contributed by atoms with van der Waals surface area (Å²) in [7, 11) is 0. The summed E-state index contributed by atoms with van der Waals surface area (Å²) in [5, 5.41) is 9.79. The molecule has 0 aliphatic carbocycles. The summed E-state index contributed by atoms with van der Waals surface area (Å²) in [6.45, 7) is 4.92. The third-order valence-corrected chi connectivity index (χ3v) is 4.70. The molecule has 2 N–H and O–H groups in total. The number of nitrogens with zero attached hydrogens (tertiary/aromatic N) is 3. The van der Waals surface area contributed by atoms with E-state index in [1.54, 1.807) is 0 Å². The summed E-state index contributed by atoms with van der Waals surface area (Å²) < 4.78 is 37.8. The minimum Gasteiger partial charge on any atom is -0.356 e. The van der Waals surface area contributed by atoms with Crippen LogP contribution in [0.25, 0.3) is 0 Å². The third-order valence-electron chi connectivity index (χ3n) is 4.70. The summed E-state index contributed by atoms with van der Waals surface area (Å²) in [5.41, 5.74) is 1.33. The molecule has 1 amide bonds. The summed E-state index contributed by atoms with van der Waals surface area (Å²) in [5.74, 6) is 0.305. The molecule has 2 aromatic heterocycles. The summed E-state index contributed by atoms with van der Waals surface area (Å²) in [6.07, 6.45) is -2.15. The Morgan fingerprint density at radius 3 is 2.46 bits per heavy atom.